The maximum Gasteiger partial charge on any atom is 0.317 e. The number of nitrogens with zero attached hydrogens (tertiary/aromatic N) is 3. The van der Waals surface area contributed by atoms with Gasteiger partial charge < -0.3 is 14.4 Å². The number of ether oxygens (including phenoxy) is 1. The summed E-state index contributed by atoms with van der Waals surface area (Å²) in [6.07, 6.45) is 0.754. The van der Waals surface area contributed by atoms with Crippen molar-refractivity contribution in [3.05, 3.63) is 52.5 Å². The highest BCUT2D eigenvalue weighted by Crippen LogP contribution is 2.33. The summed E-state index contributed by atoms with van der Waals surface area (Å²) in [6.45, 7) is 5.17. The van der Waals surface area contributed by atoms with Gasteiger partial charge in [-0.2, -0.15) is 4.98 Å². The van der Waals surface area contributed by atoms with E-state index in [1.807, 2.05) is 43.0 Å². The van der Waals surface area contributed by atoms with E-state index < -0.39 is 5.97 Å². The first-order chi connectivity index (χ1) is 14.4. The zero-order valence-electron chi connectivity index (χ0n) is 16.8. The topological polar surface area (TPSA) is 88.7 Å². The van der Waals surface area contributed by atoms with Crippen molar-refractivity contribution in [2.45, 2.75) is 32.9 Å². The van der Waals surface area contributed by atoms with Crippen LogP contribution in [0.4, 0.5) is 0 Å². The molecule has 1 aliphatic rings. The summed E-state index contributed by atoms with van der Waals surface area (Å²) in [5, 5.41) is 13.7. The van der Waals surface area contributed by atoms with Crippen LogP contribution in [-0.2, 0) is 17.8 Å². The summed E-state index contributed by atoms with van der Waals surface area (Å²) < 4.78 is 11.2. The Morgan fingerprint density at radius 3 is 2.90 bits per heavy atom. The van der Waals surface area contributed by atoms with Crippen LogP contribution in [-0.4, -0.2) is 45.3 Å². The summed E-state index contributed by atoms with van der Waals surface area (Å²) in [4.78, 5) is 17.5. The molecule has 2 heterocycles. The Kier molecular flexibility index (Phi) is 5.74. The van der Waals surface area contributed by atoms with E-state index in [-0.39, 0.29) is 12.6 Å². The van der Waals surface area contributed by atoms with Crippen LogP contribution < -0.4 is 4.74 Å². The average Bonchev–Trinajstić information content (AvgIpc) is 3.18. The Balaban J connectivity index is 1.60. The van der Waals surface area contributed by atoms with E-state index in [1.54, 1.807) is 12.1 Å². The van der Waals surface area contributed by atoms with Gasteiger partial charge in [-0.1, -0.05) is 28.9 Å². The maximum atomic E-state index is 11.0. The largest absolute Gasteiger partial charge is 0.489 e. The van der Waals surface area contributed by atoms with Crippen molar-refractivity contribution in [1.29, 1.82) is 0 Å². The number of carbonyl (C=O) groups is 1. The standard InChI is InChI=1S/C22H22ClN3O4/c1-13(2)29-19-7-6-14(10-18(19)23)21-24-22(30-25-21)17-5-3-4-15-11-26(12-20(27)28)9-8-16(15)17/h3-7,10,13H,8-9,11-12H2,1-2H3,(H,27,28). The number of hydrogen-bond acceptors (Lipinski definition) is 6. The third-order valence-corrected chi connectivity index (χ3v) is 5.21. The molecule has 3 aromatic rings. The SMILES string of the molecule is CC(C)Oc1ccc(-c2noc(-c3cccc4c3CCN(CC(=O)O)C4)n2)cc1Cl. The monoisotopic (exact) mass is 427 g/mol. The molecule has 0 fully saturated rings. The van der Waals surface area contributed by atoms with Gasteiger partial charge in [-0.15, -0.1) is 0 Å². The Hall–Kier alpha value is -2.90. The van der Waals surface area contributed by atoms with Crippen LogP contribution in [0.5, 0.6) is 5.75 Å². The molecule has 0 atom stereocenters. The first-order valence-corrected chi connectivity index (χ1v) is 10.1. The van der Waals surface area contributed by atoms with Crippen molar-refractivity contribution in [1.82, 2.24) is 15.0 Å². The van der Waals surface area contributed by atoms with E-state index in [9.17, 15) is 4.79 Å². The van der Waals surface area contributed by atoms with E-state index in [0.29, 0.717) is 35.6 Å². The number of carboxylic acids is 1. The molecule has 0 saturated heterocycles. The number of aliphatic carboxylic acids is 1. The van der Waals surface area contributed by atoms with Gasteiger partial charge in [-0.05, 0) is 55.7 Å². The molecule has 156 valence electrons. The summed E-state index contributed by atoms with van der Waals surface area (Å²) in [5.74, 6) is 0.679. The molecule has 8 heteroatoms. The van der Waals surface area contributed by atoms with Crippen molar-refractivity contribution in [3.8, 4) is 28.6 Å². The first kappa shape index (κ1) is 20.4. The molecule has 0 unspecified atom stereocenters. The Bertz CT molecular complexity index is 1080. The van der Waals surface area contributed by atoms with Crippen LogP contribution in [0.25, 0.3) is 22.8 Å². The van der Waals surface area contributed by atoms with Crippen LogP contribution in [0, 0.1) is 0 Å². The van der Waals surface area contributed by atoms with Crippen LogP contribution >= 0.6 is 11.6 Å². The van der Waals surface area contributed by atoms with Crippen LogP contribution in [0.15, 0.2) is 40.9 Å². The van der Waals surface area contributed by atoms with Gasteiger partial charge in [0.15, 0.2) is 0 Å². The second kappa shape index (κ2) is 8.45. The molecule has 30 heavy (non-hydrogen) atoms. The lowest BCUT2D eigenvalue weighted by atomic mass is 9.94. The number of aromatic nitrogens is 2. The van der Waals surface area contributed by atoms with Gasteiger partial charge in [-0.25, -0.2) is 0 Å². The molecule has 2 aromatic carbocycles. The van der Waals surface area contributed by atoms with Crippen molar-refractivity contribution < 1.29 is 19.2 Å². The summed E-state index contributed by atoms with van der Waals surface area (Å²) >= 11 is 6.33. The van der Waals surface area contributed by atoms with Gasteiger partial charge in [0.05, 0.1) is 17.7 Å². The van der Waals surface area contributed by atoms with E-state index in [1.165, 1.54) is 0 Å². The van der Waals surface area contributed by atoms with E-state index in [2.05, 4.69) is 10.1 Å². The highest BCUT2D eigenvalue weighted by molar-refractivity contribution is 6.32. The zero-order valence-corrected chi connectivity index (χ0v) is 17.5. The van der Waals surface area contributed by atoms with Crippen LogP contribution in [0.2, 0.25) is 5.02 Å². The van der Waals surface area contributed by atoms with Gasteiger partial charge >= 0.3 is 5.97 Å². The second-order valence-electron chi connectivity index (χ2n) is 7.53. The highest BCUT2D eigenvalue weighted by Gasteiger charge is 2.23. The van der Waals surface area contributed by atoms with Crippen molar-refractivity contribution in [2.75, 3.05) is 13.1 Å². The van der Waals surface area contributed by atoms with Gasteiger partial charge in [0.2, 0.25) is 5.82 Å². The van der Waals surface area contributed by atoms with E-state index in [0.717, 1.165) is 28.7 Å². The summed E-state index contributed by atoms with van der Waals surface area (Å²) in [6, 6.07) is 11.3. The van der Waals surface area contributed by atoms with Crippen molar-refractivity contribution in [2.24, 2.45) is 0 Å². The third-order valence-electron chi connectivity index (χ3n) is 4.91. The fourth-order valence-corrected chi connectivity index (χ4v) is 3.86. The molecule has 0 spiro atoms. The Morgan fingerprint density at radius 1 is 1.33 bits per heavy atom. The number of fused-ring (bicyclic) bond motifs is 1. The fraction of sp³-hybridized carbons (Fsp3) is 0.318. The van der Waals surface area contributed by atoms with Gasteiger partial charge in [-0.3, -0.25) is 9.69 Å². The van der Waals surface area contributed by atoms with Crippen LogP contribution in [0.1, 0.15) is 25.0 Å². The lowest BCUT2D eigenvalue weighted by Gasteiger charge is -2.28. The molecule has 1 aromatic heterocycles. The van der Waals surface area contributed by atoms with Gasteiger partial charge in [0.1, 0.15) is 5.75 Å². The Morgan fingerprint density at radius 2 is 2.17 bits per heavy atom. The highest BCUT2D eigenvalue weighted by atomic mass is 35.5. The fourth-order valence-electron chi connectivity index (χ4n) is 3.63. The number of carboxylic acid groups (broad SMARTS) is 1. The minimum atomic E-state index is -0.820. The van der Waals surface area contributed by atoms with Crippen molar-refractivity contribution >= 4 is 17.6 Å². The van der Waals surface area contributed by atoms with Crippen molar-refractivity contribution in [3.63, 3.8) is 0 Å². The average molecular weight is 428 g/mol. The predicted molar refractivity (Wildman–Crippen MR) is 113 cm³/mol. The molecule has 0 amide bonds. The Labute approximate surface area is 179 Å². The lowest BCUT2D eigenvalue weighted by molar-refractivity contribution is -0.138. The first-order valence-electron chi connectivity index (χ1n) is 9.76. The smallest absolute Gasteiger partial charge is 0.317 e. The molecule has 1 aliphatic heterocycles. The number of hydrogen-bond donors (Lipinski definition) is 1. The number of halogens is 1. The lowest BCUT2D eigenvalue weighted by Crippen LogP contribution is -2.34. The van der Waals surface area contributed by atoms with E-state index >= 15 is 0 Å². The maximum absolute atomic E-state index is 11.0. The summed E-state index contributed by atoms with van der Waals surface area (Å²) in [5.41, 5.74) is 3.82. The van der Waals surface area contributed by atoms with Gasteiger partial charge in [0, 0.05) is 24.2 Å². The normalized spacial score (nSPS) is 14.0. The molecule has 0 bridgehead atoms. The van der Waals surface area contributed by atoms with E-state index in [4.69, 9.17) is 26.0 Å². The number of rotatable bonds is 6. The molecule has 0 radical (unpaired) electrons. The molecule has 1 N–H and O–H groups in total. The molecule has 0 aliphatic carbocycles. The quantitative estimate of drug-likeness (QED) is 0.627. The third kappa shape index (κ3) is 4.32. The molecular weight excluding hydrogens is 406 g/mol. The molecular formula is C22H22ClN3O4. The minimum absolute atomic E-state index is 0.0285. The molecule has 0 saturated carbocycles. The predicted octanol–water partition coefficient (Wildman–Crippen LogP) is 4.29. The zero-order chi connectivity index (χ0) is 21.3. The second-order valence-corrected chi connectivity index (χ2v) is 7.94. The molecule has 4 rings (SSSR count). The van der Waals surface area contributed by atoms with Crippen LogP contribution in [0.3, 0.4) is 0 Å². The summed E-state index contributed by atoms with van der Waals surface area (Å²) in [7, 11) is 0. The van der Waals surface area contributed by atoms with Gasteiger partial charge in [0.25, 0.3) is 5.89 Å². The molecule has 7 nitrogen and oxygen atoms in total. The number of benzene rings is 2. The minimum Gasteiger partial charge on any atom is -0.489 e.